The minimum Gasteiger partial charge on any atom is -0.494 e. The molecule has 6 rings (SSSR count). The van der Waals surface area contributed by atoms with E-state index in [4.69, 9.17) is 9.47 Å². The molecule has 1 unspecified atom stereocenters. The summed E-state index contributed by atoms with van der Waals surface area (Å²) in [6.07, 6.45) is 3.25. The third-order valence-corrected chi connectivity index (χ3v) is 6.77. The number of aliphatic hydroxyl groups is 1. The van der Waals surface area contributed by atoms with Crippen molar-refractivity contribution in [3.8, 4) is 11.5 Å². The van der Waals surface area contributed by atoms with Gasteiger partial charge in [-0.25, -0.2) is 4.98 Å². The molecule has 0 amide bonds. The van der Waals surface area contributed by atoms with E-state index in [1.54, 1.807) is 26.6 Å². The maximum atomic E-state index is 13.6. The van der Waals surface area contributed by atoms with E-state index in [0.29, 0.717) is 28.4 Å². The largest absolute Gasteiger partial charge is 0.494 e. The number of ether oxygens (including phenoxy) is 2. The number of rotatable bonds is 7. The van der Waals surface area contributed by atoms with Crippen molar-refractivity contribution in [3.63, 3.8) is 0 Å². The van der Waals surface area contributed by atoms with Gasteiger partial charge in [0.2, 0.25) is 0 Å². The van der Waals surface area contributed by atoms with Crippen LogP contribution in [-0.4, -0.2) is 51.7 Å². The van der Waals surface area contributed by atoms with Crippen LogP contribution in [0.25, 0.3) is 43.6 Å². The van der Waals surface area contributed by atoms with Crippen molar-refractivity contribution in [2.75, 3.05) is 20.8 Å². The number of carbonyl (C=O) groups is 1. The summed E-state index contributed by atoms with van der Waals surface area (Å²) in [5.74, 6) is 0.484. The van der Waals surface area contributed by atoms with Crippen LogP contribution in [-0.2, 0) is 0 Å². The lowest BCUT2D eigenvalue weighted by Crippen LogP contribution is -2.14. The number of fused-ring (bicyclic) bond motifs is 6. The number of methoxy groups -OCH3 is 2. The molecule has 4 heterocycles. The van der Waals surface area contributed by atoms with Crippen molar-refractivity contribution in [1.82, 2.24) is 19.9 Å². The Bertz CT molecular complexity index is 1770. The normalized spacial score (nSPS) is 12.5. The number of hydrogen-bond donors (Lipinski definition) is 3. The molecule has 0 aliphatic heterocycles. The van der Waals surface area contributed by atoms with Crippen LogP contribution >= 0.6 is 0 Å². The number of pyridine rings is 2. The van der Waals surface area contributed by atoms with Gasteiger partial charge in [0.25, 0.3) is 0 Å². The summed E-state index contributed by atoms with van der Waals surface area (Å²) in [4.78, 5) is 29.4. The van der Waals surface area contributed by atoms with Gasteiger partial charge in [-0.3, -0.25) is 9.78 Å². The molecule has 36 heavy (non-hydrogen) atoms. The molecule has 0 spiro atoms. The summed E-state index contributed by atoms with van der Waals surface area (Å²) >= 11 is 0. The summed E-state index contributed by atoms with van der Waals surface area (Å²) in [5, 5.41) is 14.0. The molecule has 2 aromatic carbocycles. The van der Waals surface area contributed by atoms with Crippen LogP contribution in [0, 0.1) is 0 Å². The molecular formula is C28H24N4O4. The van der Waals surface area contributed by atoms with Crippen molar-refractivity contribution in [3.05, 3.63) is 72.3 Å². The number of carbonyl (C=O) groups excluding carboxylic acids is 1. The van der Waals surface area contributed by atoms with Gasteiger partial charge in [-0.2, -0.15) is 0 Å². The molecule has 180 valence electrons. The Morgan fingerprint density at radius 3 is 2.03 bits per heavy atom. The maximum absolute atomic E-state index is 13.6. The van der Waals surface area contributed by atoms with Crippen molar-refractivity contribution in [2.45, 2.75) is 12.3 Å². The van der Waals surface area contributed by atoms with E-state index >= 15 is 0 Å². The second-order valence-corrected chi connectivity index (χ2v) is 8.73. The monoisotopic (exact) mass is 480 g/mol. The minimum atomic E-state index is -0.540. The van der Waals surface area contributed by atoms with Crippen LogP contribution in [0.1, 0.15) is 28.5 Å². The average molecular weight is 481 g/mol. The Balaban J connectivity index is 1.45. The van der Waals surface area contributed by atoms with Crippen LogP contribution in [0.5, 0.6) is 11.5 Å². The molecule has 8 nitrogen and oxygen atoms in total. The molecule has 0 radical (unpaired) electrons. The molecule has 0 aliphatic rings. The Labute approximate surface area is 205 Å². The highest BCUT2D eigenvalue weighted by Crippen LogP contribution is 2.38. The molecule has 0 saturated carbocycles. The number of Topliss-reactive ketones (excluding diaryl/α,β-unsaturated/α-hetero) is 1. The topological polar surface area (TPSA) is 113 Å². The molecule has 3 N–H and O–H groups in total. The Morgan fingerprint density at radius 1 is 0.861 bits per heavy atom. The highest BCUT2D eigenvalue weighted by atomic mass is 16.5. The SMILES string of the molecule is COc1cnc(C(=O)CC(CO)c2ncc(OC)c3c2[nH]c2ccccc23)c2[nH]c3ccccc3c12. The number of aliphatic hydroxyl groups excluding tert-OH is 1. The van der Waals surface area contributed by atoms with Crippen LogP contribution in [0.2, 0.25) is 0 Å². The lowest BCUT2D eigenvalue weighted by atomic mass is 9.95. The first-order valence-corrected chi connectivity index (χ1v) is 11.6. The standard InChI is InChI=1S/C28H24N4O4/c1-35-21-12-29-25(27-23(21)16-7-3-5-9-18(16)31-27)15(14-33)11-20(34)26-28-24(22(36-2)13-30-26)17-8-4-6-10-19(17)32-28/h3-10,12-13,15,31-33H,11,14H2,1-2H3. The number of benzene rings is 2. The van der Waals surface area contributed by atoms with E-state index in [2.05, 4.69) is 19.9 Å². The molecule has 0 saturated heterocycles. The lowest BCUT2D eigenvalue weighted by Gasteiger charge is -2.15. The number of H-pyrrole nitrogens is 2. The number of nitrogens with one attached hydrogen (secondary N) is 2. The van der Waals surface area contributed by atoms with Gasteiger partial charge in [-0.1, -0.05) is 36.4 Å². The third kappa shape index (κ3) is 3.30. The zero-order valence-electron chi connectivity index (χ0n) is 19.8. The van der Waals surface area contributed by atoms with Crippen molar-refractivity contribution < 1.29 is 19.4 Å². The number of aromatic amines is 2. The average Bonchev–Trinajstić information content (AvgIpc) is 3.50. The Kier molecular flexibility index (Phi) is 5.30. The zero-order valence-corrected chi connectivity index (χ0v) is 19.8. The number of nitrogens with zero attached hydrogens (tertiary/aromatic N) is 2. The molecule has 0 fully saturated rings. The van der Waals surface area contributed by atoms with Gasteiger partial charge in [0.1, 0.15) is 17.2 Å². The van der Waals surface area contributed by atoms with E-state index in [0.717, 1.165) is 38.1 Å². The maximum Gasteiger partial charge on any atom is 0.184 e. The van der Waals surface area contributed by atoms with E-state index in [9.17, 15) is 9.90 Å². The van der Waals surface area contributed by atoms with Gasteiger partial charge in [-0.05, 0) is 12.1 Å². The molecular weight excluding hydrogens is 456 g/mol. The molecule has 0 bridgehead atoms. The second kappa shape index (κ2) is 8.66. The first kappa shape index (κ1) is 22.1. The summed E-state index contributed by atoms with van der Waals surface area (Å²) in [5.41, 5.74) is 4.11. The van der Waals surface area contributed by atoms with Crippen LogP contribution in [0.3, 0.4) is 0 Å². The Hall–Kier alpha value is -4.43. The van der Waals surface area contributed by atoms with E-state index in [1.165, 1.54) is 0 Å². The zero-order chi connectivity index (χ0) is 24.8. The van der Waals surface area contributed by atoms with E-state index < -0.39 is 5.92 Å². The highest BCUT2D eigenvalue weighted by molar-refractivity contribution is 6.17. The highest BCUT2D eigenvalue weighted by Gasteiger charge is 2.26. The predicted octanol–water partition coefficient (Wildman–Crippen LogP) is 5.11. The molecule has 4 aromatic heterocycles. The fourth-order valence-electron chi connectivity index (χ4n) is 5.07. The minimum absolute atomic E-state index is 0.0318. The smallest absolute Gasteiger partial charge is 0.184 e. The van der Waals surface area contributed by atoms with Crippen molar-refractivity contribution in [1.29, 1.82) is 0 Å². The van der Waals surface area contributed by atoms with E-state index in [1.807, 2.05) is 48.5 Å². The van der Waals surface area contributed by atoms with E-state index in [-0.39, 0.29) is 18.8 Å². The summed E-state index contributed by atoms with van der Waals surface area (Å²) < 4.78 is 11.1. The van der Waals surface area contributed by atoms with Gasteiger partial charge >= 0.3 is 0 Å². The van der Waals surface area contributed by atoms with Crippen LogP contribution in [0.15, 0.2) is 60.9 Å². The van der Waals surface area contributed by atoms with Gasteiger partial charge in [0, 0.05) is 34.1 Å². The molecule has 0 aliphatic carbocycles. The summed E-state index contributed by atoms with van der Waals surface area (Å²) in [7, 11) is 3.19. The predicted molar refractivity (Wildman–Crippen MR) is 139 cm³/mol. The first-order valence-electron chi connectivity index (χ1n) is 11.6. The number of hydrogen-bond acceptors (Lipinski definition) is 6. The second-order valence-electron chi connectivity index (χ2n) is 8.73. The Morgan fingerprint density at radius 2 is 1.42 bits per heavy atom. The van der Waals surface area contributed by atoms with Gasteiger partial charge in [0.05, 0.1) is 60.7 Å². The summed E-state index contributed by atoms with van der Waals surface area (Å²) in [6.45, 7) is -0.248. The van der Waals surface area contributed by atoms with Crippen LogP contribution < -0.4 is 9.47 Å². The third-order valence-electron chi connectivity index (χ3n) is 6.77. The fraction of sp³-hybridized carbons (Fsp3) is 0.179. The fourth-order valence-corrected chi connectivity index (χ4v) is 5.07. The summed E-state index contributed by atoms with van der Waals surface area (Å²) in [6, 6.07) is 15.7. The number of aromatic nitrogens is 4. The number of para-hydroxylation sites is 2. The molecule has 1 atom stereocenters. The molecule has 6 aromatic rings. The lowest BCUT2D eigenvalue weighted by molar-refractivity contribution is 0.0956. The van der Waals surface area contributed by atoms with Gasteiger partial charge in [0.15, 0.2) is 5.78 Å². The first-order chi connectivity index (χ1) is 17.6. The van der Waals surface area contributed by atoms with Gasteiger partial charge < -0.3 is 24.5 Å². The van der Waals surface area contributed by atoms with Gasteiger partial charge in [-0.15, -0.1) is 0 Å². The number of ketones is 1. The molecule has 8 heteroatoms. The van der Waals surface area contributed by atoms with Crippen LogP contribution in [0.4, 0.5) is 0 Å². The van der Waals surface area contributed by atoms with Crippen molar-refractivity contribution in [2.24, 2.45) is 0 Å². The quantitative estimate of drug-likeness (QED) is 0.274. The van der Waals surface area contributed by atoms with Crippen molar-refractivity contribution >= 4 is 49.4 Å².